The van der Waals surface area contributed by atoms with Crippen molar-refractivity contribution in [2.45, 2.75) is 13.0 Å². The maximum Gasteiger partial charge on any atom is 0.266 e. The number of nitrogens with one attached hydrogen (secondary N) is 2. The zero-order valence-corrected chi connectivity index (χ0v) is 18.4. The lowest BCUT2D eigenvalue weighted by Gasteiger charge is -2.18. The molecule has 0 aliphatic carbocycles. The minimum absolute atomic E-state index is 0.150. The van der Waals surface area contributed by atoms with E-state index in [4.69, 9.17) is 0 Å². The molecule has 0 bridgehead atoms. The first-order valence-corrected chi connectivity index (χ1v) is 11.2. The van der Waals surface area contributed by atoms with E-state index in [0.29, 0.717) is 20.6 Å². The quantitative estimate of drug-likeness (QED) is 0.377. The summed E-state index contributed by atoms with van der Waals surface area (Å²) in [6.07, 6.45) is 0. The molecule has 0 saturated heterocycles. The van der Waals surface area contributed by atoms with Crippen LogP contribution in [-0.4, -0.2) is 11.8 Å². The molecule has 0 saturated carbocycles. The fraction of sp³-hybridized carbons (Fsp3) is 0.0833. The normalized spacial score (nSPS) is 15.1. The number of carbonyl (C=O) groups is 2. The minimum Gasteiger partial charge on any atom is -0.341 e. The summed E-state index contributed by atoms with van der Waals surface area (Å²) in [6.45, 7) is 2.02. The van der Waals surface area contributed by atoms with Crippen LogP contribution in [-0.2, 0) is 0 Å². The maximum atomic E-state index is 13.1. The Morgan fingerprint density at radius 1 is 1.07 bits per heavy atom. The number of anilines is 1. The van der Waals surface area contributed by atoms with Crippen molar-refractivity contribution in [3.63, 3.8) is 0 Å². The maximum absolute atomic E-state index is 13.1. The summed E-state index contributed by atoms with van der Waals surface area (Å²) < 4.78 is 0.714. The molecule has 0 fully saturated rings. The van der Waals surface area contributed by atoms with Crippen LogP contribution in [0.4, 0.5) is 5.69 Å². The smallest absolute Gasteiger partial charge is 0.266 e. The number of aryl methyl sites for hydroxylation is 1. The molecule has 1 aliphatic rings. The first-order chi connectivity index (χ1) is 14.5. The summed E-state index contributed by atoms with van der Waals surface area (Å²) in [5.41, 5.74) is 4.09. The fourth-order valence-corrected chi connectivity index (χ4v) is 5.45. The van der Waals surface area contributed by atoms with Gasteiger partial charge in [-0.2, -0.15) is 0 Å². The largest absolute Gasteiger partial charge is 0.341 e. The van der Waals surface area contributed by atoms with Gasteiger partial charge in [-0.15, -0.1) is 11.3 Å². The number of fused-ring (bicyclic) bond motifs is 2. The Bertz CT molecular complexity index is 1330. The molecule has 2 amide bonds. The summed E-state index contributed by atoms with van der Waals surface area (Å²) >= 11 is 4.93. The van der Waals surface area contributed by atoms with E-state index < -0.39 is 0 Å². The van der Waals surface area contributed by atoms with Gasteiger partial charge in [0.2, 0.25) is 0 Å². The van der Waals surface area contributed by atoms with Gasteiger partial charge >= 0.3 is 0 Å². The van der Waals surface area contributed by atoms with Crippen molar-refractivity contribution >= 4 is 55.5 Å². The van der Waals surface area contributed by atoms with Gasteiger partial charge < -0.3 is 10.6 Å². The highest BCUT2D eigenvalue weighted by atomic mass is 79.9. The molecule has 3 aromatic carbocycles. The molecule has 4 aromatic rings. The van der Waals surface area contributed by atoms with Crippen molar-refractivity contribution in [1.29, 1.82) is 0 Å². The lowest BCUT2D eigenvalue weighted by atomic mass is 9.93. The molecule has 1 aliphatic heterocycles. The van der Waals surface area contributed by atoms with E-state index in [2.05, 4.69) is 26.6 Å². The van der Waals surface area contributed by atoms with Crippen LogP contribution in [0.2, 0.25) is 0 Å². The van der Waals surface area contributed by atoms with Crippen molar-refractivity contribution in [3.05, 3.63) is 97.6 Å². The van der Waals surface area contributed by atoms with Crippen LogP contribution in [0.3, 0.4) is 0 Å². The Balaban J connectivity index is 1.60. The lowest BCUT2D eigenvalue weighted by molar-refractivity contribution is 0.0959. The third kappa shape index (κ3) is 3.04. The number of amides is 2. The van der Waals surface area contributed by atoms with Gasteiger partial charge in [-0.3, -0.25) is 9.59 Å². The number of benzene rings is 3. The van der Waals surface area contributed by atoms with Gasteiger partial charge in [0.05, 0.1) is 11.6 Å². The zero-order valence-electron chi connectivity index (χ0n) is 16.0. The molecule has 1 unspecified atom stereocenters. The number of hydrogen-bond donors (Lipinski definition) is 2. The van der Waals surface area contributed by atoms with Crippen molar-refractivity contribution in [3.8, 4) is 0 Å². The molecule has 2 N–H and O–H groups in total. The van der Waals surface area contributed by atoms with Crippen molar-refractivity contribution in [2.24, 2.45) is 0 Å². The second-order valence-electron chi connectivity index (χ2n) is 7.25. The van der Waals surface area contributed by atoms with E-state index >= 15 is 0 Å². The number of thiophene rings is 1. The SMILES string of the molecule is Cc1ccccc1C1NC(=O)c2c(Br)ccc(NC(=O)c3scc4ccccc34)c21. The van der Waals surface area contributed by atoms with Gasteiger partial charge in [0, 0.05) is 21.1 Å². The summed E-state index contributed by atoms with van der Waals surface area (Å²) in [5.74, 6) is -0.323. The van der Waals surface area contributed by atoms with Crippen LogP contribution in [0.25, 0.3) is 10.8 Å². The first kappa shape index (κ1) is 19.0. The highest BCUT2D eigenvalue weighted by Gasteiger charge is 2.35. The number of halogens is 1. The predicted octanol–water partition coefficient (Wildman–Crippen LogP) is 6.06. The summed E-state index contributed by atoms with van der Waals surface area (Å²) in [4.78, 5) is 26.6. The molecule has 1 atom stereocenters. The van der Waals surface area contributed by atoms with Crippen molar-refractivity contribution < 1.29 is 9.59 Å². The van der Waals surface area contributed by atoms with Crippen molar-refractivity contribution in [2.75, 3.05) is 5.32 Å². The fourth-order valence-electron chi connectivity index (χ4n) is 4.00. The summed E-state index contributed by atoms with van der Waals surface area (Å²) in [5, 5.41) is 10.1. The number of carbonyl (C=O) groups excluding carboxylic acids is 2. The highest BCUT2D eigenvalue weighted by Crippen LogP contribution is 2.41. The number of rotatable bonds is 3. The monoisotopic (exact) mass is 476 g/mol. The standard InChI is InChI=1S/C24H17BrN2O2S/c1-13-6-2-4-8-15(13)21-20-18(11-10-17(25)19(20)23(28)27-21)26-24(29)22-16-9-5-3-7-14(16)12-30-22/h2-12,21H,1H3,(H,26,29)(H,27,28). The van der Waals surface area contributed by atoms with Crippen LogP contribution >= 0.6 is 27.3 Å². The summed E-state index contributed by atoms with van der Waals surface area (Å²) in [6, 6.07) is 19.1. The zero-order chi connectivity index (χ0) is 20.8. The second-order valence-corrected chi connectivity index (χ2v) is 8.99. The third-order valence-corrected chi connectivity index (χ3v) is 7.12. The predicted molar refractivity (Wildman–Crippen MR) is 124 cm³/mol. The topological polar surface area (TPSA) is 58.2 Å². The summed E-state index contributed by atoms with van der Waals surface area (Å²) in [7, 11) is 0. The molecule has 30 heavy (non-hydrogen) atoms. The molecule has 5 rings (SSSR count). The second kappa shape index (κ2) is 7.38. The van der Waals surface area contributed by atoms with E-state index in [1.807, 2.05) is 66.9 Å². The van der Waals surface area contributed by atoms with E-state index in [9.17, 15) is 9.59 Å². The Labute approximate surface area is 186 Å². The van der Waals surface area contributed by atoms with Gasteiger partial charge in [-0.1, -0.05) is 48.5 Å². The first-order valence-electron chi connectivity index (χ1n) is 9.51. The van der Waals surface area contributed by atoms with Crippen LogP contribution in [0.5, 0.6) is 0 Å². The Morgan fingerprint density at radius 2 is 1.83 bits per heavy atom. The molecule has 6 heteroatoms. The van der Waals surface area contributed by atoms with Gasteiger partial charge in [0.25, 0.3) is 11.8 Å². The van der Waals surface area contributed by atoms with Gasteiger partial charge in [-0.05, 0) is 56.9 Å². The third-order valence-electron chi connectivity index (χ3n) is 5.45. The van der Waals surface area contributed by atoms with Gasteiger partial charge in [0.1, 0.15) is 4.88 Å². The average Bonchev–Trinajstić information content (AvgIpc) is 3.32. The molecular formula is C24H17BrN2O2S. The highest BCUT2D eigenvalue weighted by molar-refractivity contribution is 9.10. The van der Waals surface area contributed by atoms with Crippen LogP contribution < -0.4 is 10.6 Å². The van der Waals surface area contributed by atoms with Crippen LogP contribution in [0, 0.1) is 6.92 Å². The average molecular weight is 477 g/mol. The molecule has 1 aromatic heterocycles. The molecule has 0 radical (unpaired) electrons. The number of hydrogen-bond acceptors (Lipinski definition) is 3. The molecular weight excluding hydrogens is 460 g/mol. The molecule has 4 nitrogen and oxygen atoms in total. The molecule has 148 valence electrons. The minimum atomic E-state index is -0.318. The van der Waals surface area contributed by atoms with Crippen LogP contribution in [0.15, 0.2) is 70.5 Å². The Hall–Kier alpha value is -2.96. The van der Waals surface area contributed by atoms with Crippen LogP contribution in [0.1, 0.15) is 42.8 Å². The van der Waals surface area contributed by atoms with Gasteiger partial charge in [-0.25, -0.2) is 0 Å². The Morgan fingerprint density at radius 3 is 2.67 bits per heavy atom. The Kier molecular flexibility index (Phi) is 4.68. The van der Waals surface area contributed by atoms with E-state index in [1.165, 1.54) is 11.3 Å². The van der Waals surface area contributed by atoms with E-state index in [-0.39, 0.29) is 17.9 Å². The van der Waals surface area contributed by atoms with Gasteiger partial charge in [0.15, 0.2) is 0 Å². The van der Waals surface area contributed by atoms with E-state index in [0.717, 1.165) is 27.5 Å². The molecule has 2 heterocycles. The lowest BCUT2D eigenvalue weighted by Crippen LogP contribution is -2.21. The van der Waals surface area contributed by atoms with E-state index in [1.54, 1.807) is 6.07 Å². The molecule has 0 spiro atoms. The van der Waals surface area contributed by atoms with Crippen molar-refractivity contribution in [1.82, 2.24) is 5.32 Å².